The van der Waals surface area contributed by atoms with Crippen molar-refractivity contribution in [1.82, 2.24) is 14.9 Å². The molecule has 0 heterocycles. The number of nitrogens with one attached hydrogen (secondary N) is 2. The standard InChI is InChI=1S/C30H34BrN3O5S2/c1-4-17-34(29(36)24-12-8-11-23(18-24)22-9-6-5-7-10-22)30(37)32-27(20-40-19-21(2)3)28(35)33-41(38,39)26-15-13-25(31)14-16-26/h5-16,18,21,27H,4,17,19-20H2,1-3H3,(H,32,37)(H,33,35)/t27-/m0/s1. The van der Waals surface area contributed by atoms with Crippen molar-refractivity contribution in [2.45, 2.75) is 38.1 Å². The van der Waals surface area contributed by atoms with E-state index in [2.05, 4.69) is 26.0 Å². The van der Waals surface area contributed by atoms with Gasteiger partial charge in [0, 0.05) is 22.3 Å². The van der Waals surface area contributed by atoms with Crippen molar-refractivity contribution in [3.63, 3.8) is 0 Å². The lowest BCUT2D eigenvalue weighted by Gasteiger charge is -2.25. The third-order valence-corrected chi connectivity index (χ3v) is 9.23. The van der Waals surface area contributed by atoms with Crippen molar-refractivity contribution in [2.24, 2.45) is 5.92 Å². The molecular formula is C30H34BrN3O5S2. The number of benzene rings is 3. The van der Waals surface area contributed by atoms with Crippen LogP contribution in [0.25, 0.3) is 11.1 Å². The van der Waals surface area contributed by atoms with Gasteiger partial charge in [0.2, 0.25) is 0 Å². The molecule has 8 nitrogen and oxygen atoms in total. The molecule has 0 aromatic heterocycles. The van der Waals surface area contributed by atoms with Gasteiger partial charge in [-0.3, -0.25) is 14.5 Å². The molecule has 218 valence electrons. The van der Waals surface area contributed by atoms with Gasteiger partial charge in [0.1, 0.15) is 6.04 Å². The molecule has 0 bridgehead atoms. The van der Waals surface area contributed by atoms with Gasteiger partial charge in [-0.25, -0.2) is 17.9 Å². The molecule has 0 saturated carbocycles. The summed E-state index contributed by atoms with van der Waals surface area (Å²) in [5.74, 6) is -0.251. The number of carbonyl (C=O) groups excluding carboxylic acids is 3. The maximum atomic E-state index is 13.5. The second kappa shape index (κ2) is 15.2. The molecule has 0 aliphatic rings. The van der Waals surface area contributed by atoms with E-state index in [0.717, 1.165) is 16.0 Å². The van der Waals surface area contributed by atoms with Crippen LogP contribution in [0, 0.1) is 5.92 Å². The number of sulfonamides is 1. The zero-order valence-electron chi connectivity index (χ0n) is 23.2. The second-order valence-corrected chi connectivity index (χ2v) is 13.4. The molecule has 0 spiro atoms. The maximum Gasteiger partial charge on any atom is 0.325 e. The fourth-order valence-corrected chi connectivity index (χ4v) is 6.21. The van der Waals surface area contributed by atoms with Crippen LogP contribution in [0.1, 0.15) is 37.6 Å². The number of amides is 4. The van der Waals surface area contributed by atoms with E-state index in [0.29, 0.717) is 28.1 Å². The smallest absolute Gasteiger partial charge is 0.325 e. The number of rotatable bonds is 12. The predicted molar refractivity (Wildman–Crippen MR) is 167 cm³/mol. The van der Waals surface area contributed by atoms with Crippen LogP contribution in [0.5, 0.6) is 0 Å². The Morgan fingerprint density at radius 2 is 1.56 bits per heavy atom. The van der Waals surface area contributed by atoms with Gasteiger partial charge in [0.15, 0.2) is 0 Å². The highest BCUT2D eigenvalue weighted by Crippen LogP contribution is 2.21. The fourth-order valence-electron chi connectivity index (χ4n) is 3.84. The summed E-state index contributed by atoms with van der Waals surface area (Å²) < 4.78 is 28.5. The number of hydrogen-bond acceptors (Lipinski definition) is 6. The van der Waals surface area contributed by atoms with Crippen molar-refractivity contribution in [3.05, 3.63) is 88.9 Å². The molecule has 0 aliphatic carbocycles. The average Bonchev–Trinajstić information content (AvgIpc) is 2.95. The summed E-state index contributed by atoms with van der Waals surface area (Å²) in [6.45, 7) is 5.99. The van der Waals surface area contributed by atoms with Gasteiger partial charge in [0.25, 0.3) is 21.8 Å². The normalized spacial score (nSPS) is 12.0. The summed E-state index contributed by atoms with van der Waals surface area (Å²) in [6, 6.07) is 20.4. The van der Waals surface area contributed by atoms with E-state index in [9.17, 15) is 22.8 Å². The monoisotopic (exact) mass is 659 g/mol. The van der Waals surface area contributed by atoms with Crippen molar-refractivity contribution in [1.29, 1.82) is 0 Å². The van der Waals surface area contributed by atoms with Gasteiger partial charge in [-0.15, -0.1) is 0 Å². The molecule has 0 unspecified atom stereocenters. The Balaban J connectivity index is 1.82. The molecule has 4 amide bonds. The van der Waals surface area contributed by atoms with E-state index in [1.807, 2.05) is 57.2 Å². The molecule has 0 saturated heterocycles. The van der Waals surface area contributed by atoms with Crippen LogP contribution in [-0.4, -0.2) is 55.3 Å². The lowest BCUT2D eigenvalue weighted by atomic mass is 10.0. The van der Waals surface area contributed by atoms with Crippen molar-refractivity contribution in [3.8, 4) is 11.1 Å². The van der Waals surface area contributed by atoms with Gasteiger partial charge >= 0.3 is 6.03 Å². The molecule has 3 aromatic rings. The van der Waals surface area contributed by atoms with Gasteiger partial charge in [-0.2, -0.15) is 11.8 Å². The first kappa shape index (κ1) is 32.4. The largest absolute Gasteiger partial charge is 0.325 e. The molecule has 0 fully saturated rings. The average molecular weight is 661 g/mol. The number of hydrogen-bond donors (Lipinski definition) is 2. The third-order valence-electron chi connectivity index (χ3n) is 5.86. The van der Waals surface area contributed by atoms with E-state index >= 15 is 0 Å². The lowest BCUT2D eigenvalue weighted by Crippen LogP contribution is -2.54. The molecule has 1 atom stereocenters. The zero-order chi connectivity index (χ0) is 30.0. The minimum absolute atomic E-state index is 0.0879. The Morgan fingerprint density at radius 1 is 0.902 bits per heavy atom. The quantitative estimate of drug-likeness (QED) is 0.249. The van der Waals surface area contributed by atoms with Gasteiger partial charge in [-0.05, 0) is 65.6 Å². The SMILES string of the molecule is CCCN(C(=O)N[C@@H](CSCC(C)C)C(=O)NS(=O)(=O)c1ccc(Br)cc1)C(=O)c1cccc(-c2ccccc2)c1. The van der Waals surface area contributed by atoms with Crippen LogP contribution in [0.2, 0.25) is 0 Å². The number of urea groups is 1. The first-order valence-corrected chi connectivity index (χ1v) is 16.6. The lowest BCUT2D eigenvalue weighted by molar-refractivity contribution is -0.120. The Kier molecular flexibility index (Phi) is 12.0. The predicted octanol–water partition coefficient (Wildman–Crippen LogP) is 5.94. The van der Waals surface area contributed by atoms with Gasteiger partial charge in [-0.1, -0.05) is 79.2 Å². The summed E-state index contributed by atoms with van der Waals surface area (Å²) in [7, 11) is -4.18. The highest BCUT2D eigenvalue weighted by atomic mass is 79.9. The van der Waals surface area contributed by atoms with Crippen molar-refractivity contribution >= 4 is 55.6 Å². The van der Waals surface area contributed by atoms with E-state index in [-0.39, 0.29) is 17.2 Å². The maximum absolute atomic E-state index is 13.5. The van der Waals surface area contributed by atoms with Crippen LogP contribution in [0.15, 0.2) is 88.2 Å². The summed E-state index contributed by atoms with van der Waals surface area (Å²) in [5, 5.41) is 2.62. The minimum atomic E-state index is -4.18. The minimum Gasteiger partial charge on any atom is -0.325 e. The Labute approximate surface area is 254 Å². The second-order valence-electron chi connectivity index (χ2n) is 9.76. The molecule has 2 N–H and O–H groups in total. The number of nitrogens with zero attached hydrogens (tertiary/aromatic N) is 1. The van der Waals surface area contributed by atoms with Crippen molar-refractivity contribution < 1.29 is 22.8 Å². The first-order valence-electron chi connectivity index (χ1n) is 13.2. The van der Waals surface area contributed by atoms with Gasteiger partial charge in [0.05, 0.1) is 4.90 Å². The number of imide groups is 1. The summed E-state index contributed by atoms with van der Waals surface area (Å²) >= 11 is 4.67. The molecule has 0 aliphatic heterocycles. The van der Waals surface area contributed by atoms with Crippen LogP contribution in [0.3, 0.4) is 0 Å². The van der Waals surface area contributed by atoms with E-state index in [1.165, 1.54) is 23.9 Å². The zero-order valence-corrected chi connectivity index (χ0v) is 26.4. The first-order chi connectivity index (χ1) is 19.5. The fraction of sp³-hybridized carbons (Fsp3) is 0.300. The Morgan fingerprint density at radius 3 is 2.20 bits per heavy atom. The molecule has 41 heavy (non-hydrogen) atoms. The molecule has 3 aromatic carbocycles. The summed E-state index contributed by atoms with van der Waals surface area (Å²) in [4.78, 5) is 41.1. The van der Waals surface area contributed by atoms with E-state index in [1.54, 1.807) is 30.3 Å². The van der Waals surface area contributed by atoms with Crippen molar-refractivity contribution in [2.75, 3.05) is 18.1 Å². The molecule has 11 heteroatoms. The summed E-state index contributed by atoms with van der Waals surface area (Å²) in [5.41, 5.74) is 2.08. The third kappa shape index (κ3) is 9.44. The van der Waals surface area contributed by atoms with Crippen LogP contribution >= 0.6 is 27.7 Å². The Hall–Kier alpha value is -3.15. The van der Waals surface area contributed by atoms with Crippen LogP contribution in [0.4, 0.5) is 4.79 Å². The topological polar surface area (TPSA) is 113 Å². The van der Waals surface area contributed by atoms with E-state index < -0.39 is 33.9 Å². The van der Waals surface area contributed by atoms with Crippen LogP contribution in [-0.2, 0) is 14.8 Å². The van der Waals surface area contributed by atoms with Gasteiger partial charge < -0.3 is 5.32 Å². The number of thioether (sulfide) groups is 1. The molecule has 0 radical (unpaired) electrons. The van der Waals surface area contributed by atoms with Crippen LogP contribution < -0.4 is 10.0 Å². The highest BCUT2D eigenvalue weighted by molar-refractivity contribution is 9.10. The summed E-state index contributed by atoms with van der Waals surface area (Å²) in [6.07, 6.45) is 0.494. The van der Waals surface area contributed by atoms with E-state index in [4.69, 9.17) is 0 Å². The Bertz CT molecular complexity index is 1450. The molecule has 3 rings (SSSR count). The number of halogens is 1. The number of carbonyl (C=O) groups is 3. The molecular weight excluding hydrogens is 626 g/mol. The highest BCUT2D eigenvalue weighted by Gasteiger charge is 2.30.